The van der Waals surface area contributed by atoms with Gasteiger partial charge in [-0.05, 0) is 35.9 Å². The number of H-pyrrole nitrogens is 1. The number of hydrogen-bond donors (Lipinski definition) is 2. The van der Waals surface area contributed by atoms with Gasteiger partial charge in [-0.1, -0.05) is 23.7 Å². The Morgan fingerprint density at radius 2 is 1.81 bits per heavy atom. The molecule has 0 bridgehead atoms. The van der Waals surface area contributed by atoms with Gasteiger partial charge >= 0.3 is 0 Å². The second-order valence-electron chi connectivity index (χ2n) is 5.98. The van der Waals surface area contributed by atoms with Crippen LogP contribution in [0.15, 0.2) is 54.9 Å². The molecule has 0 spiro atoms. The maximum Gasteiger partial charge on any atom is 0.199 e. The number of nitrogens with one attached hydrogen (secondary N) is 1. The molecule has 0 saturated heterocycles. The highest BCUT2D eigenvalue weighted by Gasteiger charge is 2.22. The number of rotatable bonds is 3. The molecule has 27 heavy (non-hydrogen) atoms. The van der Waals surface area contributed by atoms with Crippen LogP contribution in [0.5, 0.6) is 0 Å². The van der Waals surface area contributed by atoms with Crippen molar-refractivity contribution >= 4 is 34.1 Å². The van der Waals surface area contributed by atoms with Crippen molar-refractivity contribution in [1.82, 2.24) is 9.97 Å². The van der Waals surface area contributed by atoms with Crippen LogP contribution in [0.2, 0.25) is 5.02 Å². The van der Waals surface area contributed by atoms with E-state index in [-0.39, 0.29) is 27.7 Å². The Morgan fingerprint density at radius 3 is 2.56 bits per heavy atom. The minimum absolute atomic E-state index is 0.117. The van der Waals surface area contributed by atoms with Crippen molar-refractivity contribution in [3.8, 4) is 11.1 Å². The van der Waals surface area contributed by atoms with Crippen LogP contribution in [0.25, 0.3) is 22.2 Å². The number of carbonyl (C=O) groups excluding carboxylic acids is 1. The summed E-state index contributed by atoms with van der Waals surface area (Å²) >= 11 is 6.06. The molecule has 0 aliphatic rings. The average molecular weight is 384 g/mol. The summed E-state index contributed by atoms with van der Waals surface area (Å²) in [6, 6.07) is 10.0. The van der Waals surface area contributed by atoms with E-state index in [2.05, 4.69) is 9.97 Å². The largest absolute Gasteiger partial charge is 0.398 e. The lowest BCUT2D eigenvalue weighted by Gasteiger charge is -2.07. The van der Waals surface area contributed by atoms with Crippen molar-refractivity contribution in [2.45, 2.75) is 0 Å². The first-order valence-corrected chi connectivity index (χ1v) is 8.34. The predicted molar refractivity (Wildman–Crippen MR) is 101 cm³/mol. The number of aromatic nitrogens is 2. The number of pyridine rings is 1. The van der Waals surface area contributed by atoms with E-state index >= 15 is 0 Å². The number of anilines is 1. The van der Waals surface area contributed by atoms with Gasteiger partial charge in [0.2, 0.25) is 0 Å². The summed E-state index contributed by atoms with van der Waals surface area (Å²) in [7, 11) is 0. The molecule has 0 amide bonds. The lowest BCUT2D eigenvalue weighted by Crippen LogP contribution is -2.06. The number of nitrogens with zero attached hydrogens (tertiary/aromatic N) is 1. The third-order valence-corrected chi connectivity index (χ3v) is 4.71. The Labute approximate surface area is 157 Å². The molecule has 0 radical (unpaired) electrons. The highest BCUT2D eigenvalue weighted by molar-refractivity contribution is 6.37. The molecule has 3 N–H and O–H groups in total. The third-order valence-electron chi connectivity index (χ3n) is 4.30. The molecule has 4 aromatic rings. The van der Waals surface area contributed by atoms with E-state index in [9.17, 15) is 13.6 Å². The van der Waals surface area contributed by atoms with Crippen molar-refractivity contribution in [2.24, 2.45) is 0 Å². The molecule has 2 aromatic heterocycles. The molecule has 4 rings (SSSR count). The fourth-order valence-corrected chi connectivity index (χ4v) is 3.14. The van der Waals surface area contributed by atoms with Crippen LogP contribution in [0, 0.1) is 11.6 Å². The van der Waals surface area contributed by atoms with Gasteiger partial charge in [-0.25, -0.2) is 13.8 Å². The summed E-state index contributed by atoms with van der Waals surface area (Å²) < 4.78 is 27.4. The second kappa shape index (κ2) is 6.48. The number of hydrogen-bond acceptors (Lipinski definition) is 3. The van der Waals surface area contributed by atoms with Gasteiger partial charge in [0.1, 0.15) is 17.3 Å². The molecule has 4 nitrogen and oxygen atoms in total. The summed E-state index contributed by atoms with van der Waals surface area (Å²) in [6.07, 6.45) is 3.06. The lowest BCUT2D eigenvalue weighted by molar-refractivity contribution is 0.103. The summed E-state index contributed by atoms with van der Waals surface area (Å²) in [4.78, 5) is 20.1. The quantitative estimate of drug-likeness (QED) is 0.387. The monoisotopic (exact) mass is 383 g/mol. The van der Waals surface area contributed by atoms with Gasteiger partial charge in [-0.15, -0.1) is 0 Å². The van der Waals surface area contributed by atoms with E-state index in [1.54, 1.807) is 24.4 Å². The second-order valence-corrected chi connectivity index (χ2v) is 6.36. The van der Waals surface area contributed by atoms with Crippen molar-refractivity contribution in [3.05, 3.63) is 82.6 Å². The minimum Gasteiger partial charge on any atom is -0.398 e. The molecule has 0 atom stereocenters. The molecule has 0 aliphatic carbocycles. The van der Waals surface area contributed by atoms with E-state index in [1.807, 2.05) is 0 Å². The normalized spacial score (nSPS) is 11.1. The maximum atomic E-state index is 14.2. The van der Waals surface area contributed by atoms with Gasteiger partial charge in [-0.3, -0.25) is 4.79 Å². The van der Waals surface area contributed by atoms with Crippen LogP contribution >= 0.6 is 11.6 Å². The molecule has 0 fully saturated rings. The molecule has 2 aromatic carbocycles. The van der Waals surface area contributed by atoms with Crippen LogP contribution in [-0.2, 0) is 0 Å². The van der Waals surface area contributed by atoms with Crippen LogP contribution in [0.1, 0.15) is 15.9 Å². The van der Waals surface area contributed by atoms with Crippen LogP contribution in [0.4, 0.5) is 14.5 Å². The van der Waals surface area contributed by atoms with Gasteiger partial charge < -0.3 is 10.7 Å². The summed E-state index contributed by atoms with van der Waals surface area (Å²) in [5.74, 6) is -1.71. The van der Waals surface area contributed by atoms with Gasteiger partial charge in [0, 0.05) is 28.9 Å². The Kier molecular flexibility index (Phi) is 4.12. The highest BCUT2D eigenvalue weighted by Crippen LogP contribution is 2.31. The first-order valence-electron chi connectivity index (χ1n) is 7.97. The number of benzene rings is 2. The number of carbonyl (C=O) groups is 1. The number of aromatic amines is 1. The van der Waals surface area contributed by atoms with E-state index < -0.39 is 11.6 Å². The number of fused-ring (bicyclic) bond motifs is 1. The van der Waals surface area contributed by atoms with Gasteiger partial charge in [0.25, 0.3) is 0 Å². The molecular formula is C20H12ClF2N3O. The molecule has 134 valence electrons. The van der Waals surface area contributed by atoms with Crippen molar-refractivity contribution < 1.29 is 13.6 Å². The minimum atomic E-state index is -0.754. The SMILES string of the molecule is Nc1ccc(F)c(C(=O)c2c[nH]c3ncc(-c4ccc(F)cc4)cc23)c1Cl. The number of nitrogens with two attached hydrogens (primary N) is 1. The third kappa shape index (κ3) is 2.94. The van der Waals surface area contributed by atoms with E-state index in [0.717, 1.165) is 11.6 Å². The predicted octanol–water partition coefficient (Wildman–Crippen LogP) is 4.97. The highest BCUT2D eigenvalue weighted by atomic mass is 35.5. The fraction of sp³-hybridized carbons (Fsp3) is 0. The standard InChI is InChI=1S/C20H12ClF2N3O/c21-18-16(24)6-5-15(23)17(18)19(27)14-9-26-20-13(14)7-11(8-25-20)10-1-3-12(22)4-2-10/h1-9H,24H2,(H,25,26). The Bertz CT molecular complexity index is 1190. The topological polar surface area (TPSA) is 71.8 Å². The molecular weight excluding hydrogens is 372 g/mol. The van der Waals surface area contributed by atoms with E-state index in [4.69, 9.17) is 17.3 Å². The van der Waals surface area contributed by atoms with Crippen molar-refractivity contribution in [2.75, 3.05) is 5.73 Å². The molecule has 0 saturated carbocycles. The van der Waals surface area contributed by atoms with Crippen LogP contribution in [-0.4, -0.2) is 15.8 Å². The molecule has 2 heterocycles. The fourth-order valence-electron chi connectivity index (χ4n) is 2.90. The number of ketones is 1. The van der Waals surface area contributed by atoms with Crippen molar-refractivity contribution in [1.29, 1.82) is 0 Å². The molecule has 0 aliphatic heterocycles. The first kappa shape index (κ1) is 17.2. The average Bonchev–Trinajstić information content (AvgIpc) is 3.09. The summed E-state index contributed by atoms with van der Waals surface area (Å²) in [5.41, 5.74) is 7.64. The zero-order chi connectivity index (χ0) is 19.1. The lowest BCUT2D eigenvalue weighted by atomic mass is 10.00. The maximum absolute atomic E-state index is 14.2. The molecule has 7 heteroatoms. The van der Waals surface area contributed by atoms with E-state index in [1.165, 1.54) is 24.4 Å². The zero-order valence-electron chi connectivity index (χ0n) is 13.8. The smallest absolute Gasteiger partial charge is 0.199 e. The number of nitrogen functional groups attached to an aromatic ring is 1. The Balaban J connectivity index is 1.86. The summed E-state index contributed by atoms with van der Waals surface area (Å²) in [5, 5.41) is 0.372. The van der Waals surface area contributed by atoms with E-state index in [0.29, 0.717) is 16.6 Å². The van der Waals surface area contributed by atoms with Crippen molar-refractivity contribution in [3.63, 3.8) is 0 Å². The van der Waals surface area contributed by atoms with Crippen LogP contribution in [0.3, 0.4) is 0 Å². The van der Waals surface area contributed by atoms with Gasteiger partial charge in [0.15, 0.2) is 5.78 Å². The first-order chi connectivity index (χ1) is 13.0. The Morgan fingerprint density at radius 1 is 1.07 bits per heavy atom. The summed E-state index contributed by atoms with van der Waals surface area (Å²) in [6.45, 7) is 0. The molecule has 0 unspecified atom stereocenters. The number of halogens is 3. The van der Waals surface area contributed by atoms with Gasteiger partial charge in [-0.2, -0.15) is 0 Å². The zero-order valence-corrected chi connectivity index (χ0v) is 14.5. The Hall–Kier alpha value is -3.25. The van der Waals surface area contributed by atoms with Crippen LogP contribution < -0.4 is 5.73 Å². The van der Waals surface area contributed by atoms with Gasteiger partial charge in [0.05, 0.1) is 16.3 Å².